The van der Waals surface area contributed by atoms with Crippen LogP contribution >= 0.6 is 0 Å². The Kier molecular flexibility index (Phi) is 4.13. The van der Waals surface area contributed by atoms with Crippen molar-refractivity contribution in [1.82, 2.24) is 4.98 Å². The average molecular weight is 440 g/mol. The molecule has 0 spiro atoms. The number of nitrogens with one attached hydrogen (secondary N) is 1. The Labute approximate surface area is 198 Å². The summed E-state index contributed by atoms with van der Waals surface area (Å²) in [6.07, 6.45) is 7.76. The molecular weight excluding hydrogens is 414 g/mol. The third-order valence-electron chi connectivity index (χ3n) is 7.46. The number of hydrogen-bond acceptors (Lipinski definition) is 1. The van der Waals surface area contributed by atoms with Gasteiger partial charge in [-0.3, -0.25) is 0 Å². The Balaban J connectivity index is 1.42. The second kappa shape index (κ2) is 7.23. The summed E-state index contributed by atoms with van der Waals surface area (Å²) in [6, 6.07) is 25.7. The van der Waals surface area contributed by atoms with Gasteiger partial charge in [-0.05, 0) is 54.5 Å². The fourth-order valence-corrected chi connectivity index (χ4v) is 5.74. The first-order chi connectivity index (χ1) is 16.8. The van der Waals surface area contributed by atoms with Gasteiger partial charge in [0, 0.05) is 44.1 Å². The van der Waals surface area contributed by atoms with E-state index in [1.807, 2.05) is 6.08 Å². The SMILES string of the molecule is C=Cc1c(/C(=C\C)c2ccccc2)oc2c1C1CC1C=C2c1ccc2[nH]c3ccccc3c2c1. The number of benzene rings is 3. The molecule has 0 radical (unpaired) electrons. The van der Waals surface area contributed by atoms with E-state index in [-0.39, 0.29) is 0 Å². The van der Waals surface area contributed by atoms with Gasteiger partial charge in [0.15, 0.2) is 0 Å². The van der Waals surface area contributed by atoms with Crippen molar-refractivity contribution >= 4 is 39.0 Å². The number of aromatic nitrogens is 1. The minimum atomic E-state index is 0.537. The highest BCUT2D eigenvalue weighted by molar-refractivity contribution is 6.08. The lowest BCUT2D eigenvalue weighted by molar-refractivity contribution is 0.535. The summed E-state index contributed by atoms with van der Waals surface area (Å²) in [5, 5.41) is 2.51. The van der Waals surface area contributed by atoms with E-state index in [0.717, 1.165) is 33.7 Å². The van der Waals surface area contributed by atoms with E-state index in [4.69, 9.17) is 4.42 Å². The Hall–Kier alpha value is -4.04. The number of hydrogen-bond donors (Lipinski definition) is 1. The average Bonchev–Trinajstić information content (AvgIpc) is 3.42. The van der Waals surface area contributed by atoms with Crippen LogP contribution in [0.15, 0.2) is 95.9 Å². The summed E-state index contributed by atoms with van der Waals surface area (Å²) in [6.45, 7) is 6.27. The lowest BCUT2D eigenvalue weighted by atomic mass is 9.89. The maximum atomic E-state index is 6.77. The fourth-order valence-electron chi connectivity index (χ4n) is 5.74. The molecule has 2 unspecified atom stereocenters. The van der Waals surface area contributed by atoms with E-state index in [0.29, 0.717) is 11.8 Å². The highest BCUT2D eigenvalue weighted by Gasteiger charge is 2.46. The molecular formula is C32H25NO. The molecule has 2 aliphatic carbocycles. The molecule has 0 bridgehead atoms. The van der Waals surface area contributed by atoms with Crippen molar-refractivity contribution in [3.05, 3.63) is 125 Å². The second-order valence-corrected chi connectivity index (χ2v) is 9.38. The minimum Gasteiger partial charge on any atom is -0.455 e. The van der Waals surface area contributed by atoms with Crippen LogP contribution in [0.25, 0.3) is 39.0 Å². The summed E-state index contributed by atoms with van der Waals surface area (Å²) in [5.74, 6) is 3.06. The van der Waals surface area contributed by atoms with Crippen molar-refractivity contribution in [2.45, 2.75) is 19.3 Å². The van der Waals surface area contributed by atoms with Crippen LogP contribution < -0.4 is 0 Å². The highest BCUT2D eigenvalue weighted by Crippen LogP contribution is 2.58. The first-order valence-electron chi connectivity index (χ1n) is 12.0. The predicted octanol–water partition coefficient (Wildman–Crippen LogP) is 8.56. The summed E-state index contributed by atoms with van der Waals surface area (Å²) >= 11 is 0. The zero-order valence-electron chi connectivity index (χ0n) is 19.1. The van der Waals surface area contributed by atoms with Crippen LogP contribution in [0, 0.1) is 5.92 Å². The Morgan fingerprint density at radius 3 is 2.59 bits per heavy atom. The number of aromatic amines is 1. The normalized spacial score (nSPS) is 19.1. The van der Waals surface area contributed by atoms with Crippen LogP contribution in [0.2, 0.25) is 0 Å². The monoisotopic (exact) mass is 439 g/mol. The van der Waals surface area contributed by atoms with Gasteiger partial charge in [0.2, 0.25) is 0 Å². The molecule has 0 aliphatic heterocycles. The Morgan fingerprint density at radius 1 is 0.971 bits per heavy atom. The number of rotatable bonds is 4. The zero-order chi connectivity index (χ0) is 22.8. The second-order valence-electron chi connectivity index (χ2n) is 9.38. The van der Waals surface area contributed by atoms with E-state index in [1.54, 1.807) is 0 Å². The molecule has 0 amide bonds. The molecule has 2 heteroatoms. The van der Waals surface area contributed by atoms with Gasteiger partial charge in [0.05, 0.1) is 0 Å². The summed E-state index contributed by atoms with van der Waals surface area (Å²) in [7, 11) is 0. The van der Waals surface area contributed by atoms with Gasteiger partial charge in [-0.25, -0.2) is 0 Å². The molecule has 7 rings (SSSR count). The maximum absolute atomic E-state index is 6.77. The van der Waals surface area contributed by atoms with Crippen LogP contribution in [0.4, 0.5) is 0 Å². The van der Waals surface area contributed by atoms with Crippen LogP contribution in [0.3, 0.4) is 0 Å². The van der Waals surface area contributed by atoms with Crippen molar-refractivity contribution in [3.8, 4) is 0 Å². The van der Waals surface area contributed by atoms with Crippen LogP contribution in [-0.2, 0) is 0 Å². The third kappa shape index (κ3) is 2.75. The molecule has 1 fully saturated rings. The summed E-state index contributed by atoms with van der Waals surface area (Å²) < 4.78 is 6.77. The van der Waals surface area contributed by atoms with E-state index in [2.05, 4.69) is 103 Å². The van der Waals surface area contributed by atoms with Crippen LogP contribution in [-0.4, -0.2) is 4.98 Å². The van der Waals surface area contributed by atoms with Gasteiger partial charge in [0.1, 0.15) is 11.5 Å². The highest BCUT2D eigenvalue weighted by atomic mass is 16.3. The molecule has 2 atom stereocenters. The van der Waals surface area contributed by atoms with Gasteiger partial charge in [-0.15, -0.1) is 0 Å². The van der Waals surface area contributed by atoms with Gasteiger partial charge >= 0.3 is 0 Å². The van der Waals surface area contributed by atoms with Gasteiger partial charge in [-0.1, -0.05) is 79.4 Å². The van der Waals surface area contributed by atoms with Gasteiger partial charge < -0.3 is 9.40 Å². The third-order valence-corrected chi connectivity index (χ3v) is 7.46. The fraction of sp³-hybridized carbons (Fsp3) is 0.125. The van der Waals surface area contributed by atoms with E-state index >= 15 is 0 Å². The quantitative estimate of drug-likeness (QED) is 0.298. The number of para-hydroxylation sites is 1. The van der Waals surface area contributed by atoms with Crippen molar-refractivity contribution in [2.75, 3.05) is 0 Å². The zero-order valence-corrected chi connectivity index (χ0v) is 19.1. The molecule has 1 N–H and O–H groups in total. The lowest BCUT2D eigenvalue weighted by Gasteiger charge is -2.13. The van der Waals surface area contributed by atoms with Crippen LogP contribution in [0.1, 0.15) is 53.0 Å². The molecule has 3 aromatic carbocycles. The molecule has 2 aromatic heterocycles. The van der Waals surface area contributed by atoms with Crippen LogP contribution in [0.5, 0.6) is 0 Å². The van der Waals surface area contributed by atoms with Crippen molar-refractivity contribution in [1.29, 1.82) is 0 Å². The van der Waals surface area contributed by atoms with Crippen molar-refractivity contribution < 1.29 is 4.42 Å². The largest absolute Gasteiger partial charge is 0.455 e. The lowest BCUT2D eigenvalue weighted by Crippen LogP contribution is -1.98. The molecule has 34 heavy (non-hydrogen) atoms. The summed E-state index contributed by atoms with van der Waals surface area (Å²) in [4.78, 5) is 3.54. The van der Waals surface area contributed by atoms with Crippen molar-refractivity contribution in [2.24, 2.45) is 5.92 Å². The molecule has 0 saturated heterocycles. The van der Waals surface area contributed by atoms with E-state index in [9.17, 15) is 0 Å². The number of fused-ring (bicyclic) bond motifs is 6. The molecule has 2 heterocycles. The molecule has 1 saturated carbocycles. The van der Waals surface area contributed by atoms with E-state index in [1.165, 1.54) is 39.4 Å². The first-order valence-corrected chi connectivity index (χ1v) is 12.0. The number of H-pyrrole nitrogens is 1. The standard InChI is InChI=1S/C32H25NO/c1-3-22(19-10-6-5-7-11-19)31-23(4-2)30-25-17-21(25)18-26(32(30)34-31)20-14-15-29-27(16-20)24-12-8-9-13-28(24)33-29/h3-16,18,21,25,33H,2,17H2,1H3/b22-3-. The summed E-state index contributed by atoms with van der Waals surface area (Å²) in [5.41, 5.74) is 9.52. The first kappa shape index (κ1) is 19.4. The van der Waals surface area contributed by atoms with E-state index < -0.39 is 0 Å². The number of furan rings is 1. The topological polar surface area (TPSA) is 28.9 Å². The minimum absolute atomic E-state index is 0.537. The number of allylic oxidation sites excluding steroid dienone is 2. The predicted molar refractivity (Wildman–Crippen MR) is 142 cm³/mol. The van der Waals surface area contributed by atoms with Crippen molar-refractivity contribution in [3.63, 3.8) is 0 Å². The Morgan fingerprint density at radius 2 is 1.76 bits per heavy atom. The smallest absolute Gasteiger partial charge is 0.142 e. The molecule has 2 aliphatic rings. The Bertz CT molecular complexity index is 1660. The van der Waals surface area contributed by atoms with Gasteiger partial charge in [0.25, 0.3) is 0 Å². The maximum Gasteiger partial charge on any atom is 0.142 e. The molecule has 164 valence electrons. The molecule has 5 aromatic rings. The molecule has 2 nitrogen and oxygen atoms in total. The van der Waals surface area contributed by atoms with Gasteiger partial charge in [-0.2, -0.15) is 0 Å².